The standard InChI is InChI=1S/C13H19N3O3.ClH/c14-8-10(9-3-4-9)16-12(17)5-6-15-13(18)11-2-1-7-19-11;/h1-2,7,9-10H,3-6,8,14H2,(H,15,18)(H,16,17);1H. The van der Waals surface area contributed by atoms with E-state index in [0.717, 1.165) is 12.8 Å². The molecule has 0 bridgehead atoms. The molecule has 6 nitrogen and oxygen atoms in total. The minimum absolute atomic E-state index is 0. The van der Waals surface area contributed by atoms with E-state index in [4.69, 9.17) is 10.2 Å². The molecule has 1 aromatic rings. The number of nitrogens with one attached hydrogen (secondary N) is 2. The Morgan fingerprint density at radius 2 is 2.20 bits per heavy atom. The first kappa shape index (κ1) is 16.5. The first-order chi connectivity index (χ1) is 9.20. The summed E-state index contributed by atoms with van der Waals surface area (Å²) < 4.78 is 4.95. The topological polar surface area (TPSA) is 97.4 Å². The molecular formula is C13H20ClN3O3. The summed E-state index contributed by atoms with van der Waals surface area (Å²) in [7, 11) is 0. The van der Waals surface area contributed by atoms with Crippen LogP contribution in [0.1, 0.15) is 29.8 Å². The van der Waals surface area contributed by atoms with Crippen molar-refractivity contribution in [3.63, 3.8) is 0 Å². The monoisotopic (exact) mass is 301 g/mol. The van der Waals surface area contributed by atoms with E-state index in [0.29, 0.717) is 12.5 Å². The van der Waals surface area contributed by atoms with E-state index in [1.54, 1.807) is 12.1 Å². The number of amides is 2. The Hall–Kier alpha value is -1.53. The molecule has 0 aromatic carbocycles. The van der Waals surface area contributed by atoms with Gasteiger partial charge in [-0.2, -0.15) is 0 Å². The zero-order chi connectivity index (χ0) is 13.7. The summed E-state index contributed by atoms with van der Waals surface area (Å²) in [5, 5.41) is 5.53. The number of halogens is 1. The summed E-state index contributed by atoms with van der Waals surface area (Å²) in [4.78, 5) is 23.2. The minimum atomic E-state index is -0.310. The lowest BCUT2D eigenvalue weighted by atomic mass is 10.2. The third-order valence-electron chi connectivity index (χ3n) is 3.17. The van der Waals surface area contributed by atoms with Crippen molar-refractivity contribution in [2.24, 2.45) is 11.7 Å². The van der Waals surface area contributed by atoms with E-state index < -0.39 is 0 Å². The molecule has 7 heteroatoms. The molecule has 112 valence electrons. The fourth-order valence-corrected chi connectivity index (χ4v) is 1.93. The van der Waals surface area contributed by atoms with Crippen LogP contribution in [0.4, 0.5) is 0 Å². The van der Waals surface area contributed by atoms with Gasteiger partial charge in [0.2, 0.25) is 5.91 Å². The Kier molecular flexibility index (Phi) is 6.54. The fourth-order valence-electron chi connectivity index (χ4n) is 1.93. The number of furan rings is 1. The highest BCUT2D eigenvalue weighted by Gasteiger charge is 2.30. The summed E-state index contributed by atoms with van der Waals surface area (Å²) >= 11 is 0. The number of rotatable bonds is 7. The molecule has 1 saturated carbocycles. The molecule has 20 heavy (non-hydrogen) atoms. The van der Waals surface area contributed by atoms with Crippen molar-refractivity contribution >= 4 is 24.2 Å². The Balaban J connectivity index is 0.00000200. The van der Waals surface area contributed by atoms with E-state index in [-0.39, 0.29) is 49.0 Å². The van der Waals surface area contributed by atoms with Crippen LogP contribution in [0.25, 0.3) is 0 Å². The van der Waals surface area contributed by atoms with Gasteiger partial charge in [0.15, 0.2) is 5.76 Å². The van der Waals surface area contributed by atoms with Gasteiger partial charge in [0.1, 0.15) is 0 Å². The largest absolute Gasteiger partial charge is 0.459 e. The number of carbonyl (C=O) groups is 2. The Morgan fingerprint density at radius 3 is 2.75 bits per heavy atom. The molecule has 1 aliphatic carbocycles. The average molecular weight is 302 g/mol. The Bertz CT molecular complexity index is 432. The summed E-state index contributed by atoms with van der Waals surface area (Å²) in [6, 6.07) is 3.30. The van der Waals surface area contributed by atoms with Gasteiger partial charge in [-0.3, -0.25) is 9.59 Å². The summed E-state index contributed by atoms with van der Waals surface area (Å²) in [5.41, 5.74) is 5.61. The van der Waals surface area contributed by atoms with Gasteiger partial charge in [-0.05, 0) is 30.9 Å². The zero-order valence-corrected chi connectivity index (χ0v) is 11.9. The van der Waals surface area contributed by atoms with Crippen LogP contribution in [0.15, 0.2) is 22.8 Å². The molecule has 2 amide bonds. The lowest BCUT2D eigenvalue weighted by Gasteiger charge is -2.15. The van der Waals surface area contributed by atoms with Crippen molar-refractivity contribution in [1.82, 2.24) is 10.6 Å². The van der Waals surface area contributed by atoms with Gasteiger partial charge >= 0.3 is 0 Å². The van der Waals surface area contributed by atoms with Gasteiger partial charge in [0.25, 0.3) is 5.91 Å². The zero-order valence-electron chi connectivity index (χ0n) is 11.1. The smallest absolute Gasteiger partial charge is 0.286 e. The minimum Gasteiger partial charge on any atom is -0.459 e. The van der Waals surface area contributed by atoms with E-state index in [2.05, 4.69) is 10.6 Å². The molecule has 1 heterocycles. The molecule has 1 atom stereocenters. The van der Waals surface area contributed by atoms with E-state index in [1.165, 1.54) is 6.26 Å². The van der Waals surface area contributed by atoms with Crippen LogP contribution in [0.2, 0.25) is 0 Å². The van der Waals surface area contributed by atoms with Crippen LogP contribution >= 0.6 is 12.4 Å². The maximum atomic E-state index is 11.7. The van der Waals surface area contributed by atoms with Gasteiger partial charge in [0, 0.05) is 25.6 Å². The summed E-state index contributed by atoms with van der Waals surface area (Å²) in [6.07, 6.45) is 3.95. The van der Waals surface area contributed by atoms with Gasteiger partial charge in [-0.25, -0.2) is 0 Å². The molecule has 1 fully saturated rings. The van der Waals surface area contributed by atoms with Crippen molar-refractivity contribution in [3.05, 3.63) is 24.2 Å². The fraction of sp³-hybridized carbons (Fsp3) is 0.538. The first-order valence-corrected chi connectivity index (χ1v) is 6.52. The Labute approximate surface area is 123 Å². The summed E-state index contributed by atoms with van der Waals surface area (Å²) in [6.45, 7) is 0.752. The molecule has 1 aliphatic rings. The van der Waals surface area contributed by atoms with Gasteiger partial charge in [0.05, 0.1) is 6.26 Å². The Morgan fingerprint density at radius 1 is 1.45 bits per heavy atom. The van der Waals surface area contributed by atoms with Crippen LogP contribution in [0.5, 0.6) is 0 Å². The molecule has 0 aliphatic heterocycles. The molecule has 1 unspecified atom stereocenters. The van der Waals surface area contributed by atoms with Crippen LogP contribution in [0, 0.1) is 5.92 Å². The second-order valence-corrected chi connectivity index (χ2v) is 4.73. The van der Waals surface area contributed by atoms with E-state index >= 15 is 0 Å². The van der Waals surface area contributed by atoms with Crippen molar-refractivity contribution in [3.8, 4) is 0 Å². The van der Waals surface area contributed by atoms with Crippen molar-refractivity contribution in [1.29, 1.82) is 0 Å². The van der Waals surface area contributed by atoms with Crippen LogP contribution in [-0.4, -0.2) is 30.9 Å². The second-order valence-electron chi connectivity index (χ2n) is 4.73. The van der Waals surface area contributed by atoms with Crippen molar-refractivity contribution in [2.45, 2.75) is 25.3 Å². The predicted octanol–water partition coefficient (Wildman–Crippen LogP) is 0.675. The second kappa shape index (κ2) is 7.91. The molecular weight excluding hydrogens is 282 g/mol. The van der Waals surface area contributed by atoms with Crippen LogP contribution in [0.3, 0.4) is 0 Å². The van der Waals surface area contributed by atoms with Gasteiger partial charge < -0.3 is 20.8 Å². The predicted molar refractivity (Wildman–Crippen MR) is 76.6 cm³/mol. The van der Waals surface area contributed by atoms with Crippen LogP contribution < -0.4 is 16.4 Å². The average Bonchev–Trinajstić information content (AvgIpc) is 3.09. The van der Waals surface area contributed by atoms with Crippen molar-refractivity contribution < 1.29 is 14.0 Å². The molecule has 0 saturated heterocycles. The number of carbonyl (C=O) groups excluding carboxylic acids is 2. The molecule has 4 N–H and O–H groups in total. The maximum Gasteiger partial charge on any atom is 0.286 e. The lowest BCUT2D eigenvalue weighted by Crippen LogP contribution is -2.42. The first-order valence-electron chi connectivity index (χ1n) is 6.52. The van der Waals surface area contributed by atoms with Crippen LogP contribution in [-0.2, 0) is 4.79 Å². The molecule has 0 spiro atoms. The van der Waals surface area contributed by atoms with E-state index in [9.17, 15) is 9.59 Å². The number of hydrogen-bond acceptors (Lipinski definition) is 4. The molecule has 2 rings (SSSR count). The highest BCUT2D eigenvalue weighted by molar-refractivity contribution is 5.91. The third kappa shape index (κ3) is 4.86. The van der Waals surface area contributed by atoms with E-state index in [1.807, 2.05) is 0 Å². The van der Waals surface area contributed by atoms with Gasteiger partial charge in [-0.15, -0.1) is 12.4 Å². The lowest BCUT2D eigenvalue weighted by molar-refractivity contribution is -0.121. The maximum absolute atomic E-state index is 11.7. The highest BCUT2D eigenvalue weighted by atomic mass is 35.5. The molecule has 1 aromatic heterocycles. The van der Waals surface area contributed by atoms with Gasteiger partial charge in [-0.1, -0.05) is 0 Å². The quantitative estimate of drug-likeness (QED) is 0.689. The third-order valence-corrected chi connectivity index (χ3v) is 3.17. The normalized spacial score (nSPS) is 15.1. The highest BCUT2D eigenvalue weighted by Crippen LogP contribution is 2.32. The summed E-state index contributed by atoms with van der Waals surface area (Å²) in [5.74, 6) is 0.391. The van der Waals surface area contributed by atoms with Crippen molar-refractivity contribution in [2.75, 3.05) is 13.1 Å². The number of hydrogen-bond donors (Lipinski definition) is 3. The SMILES string of the molecule is Cl.NCC(NC(=O)CCNC(=O)c1ccco1)C1CC1. The number of nitrogens with two attached hydrogens (primary N) is 1. The molecule has 0 radical (unpaired) electrons.